The zero-order valence-corrected chi connectivity index (χ0v) is 18.7. The largest absolute Gasteiger partial charge is 0.484 e. The molecule has 3 rings (SSSR count). The maximum Gasteiger partial charge on any atom is 0.264 e. The molecule has 1 fully saturated rings. The first kappa shape index (κ1) is 21.7. The normalized spacial score (nSPS) is 20.4. The SMILES string of the molecule is CC1CN(Cc2csc(NC(=O)COc3ccc(C(C)(C)C)cc3)n2)CC(C)O1. The fourth-order valence-electron chi connectivity index (χ4n) is 3.43. The number of nitrogens with zero attached hydrogens (tertiary/aromatic N) is 2. The van der Waals surface area contributed by atoms with Crippen molar-refractivity contribution in [2.45, 2.75) is 58.8 Å². The van der Waals surface area contributed by atoms with E-state index in [9.17, 15) is 4.79 Å². The quantitative estimate of drug-likeness (QED) is 0.768. The molecule has 0 bridgehead atoms. The summed E-state index contributed by atoms with van der Waals surface area (Å²) in [6.45, 7) is 13.2. The summed E-state index contributed by atoms with van der Waals surface area (Å²) >= 11 is 1.44. The molecule has 1 amide bonds. The third-order valence-electron chi connectivity index (χ3n) is 4.77. The summed E-state index contributed by atoms with van der Waals surface area (Å²) in [5.74, 6) is 0.475. The van der Waals surface area contributed by atoms with E-state index in [0.29, 0.717) is 10.9 Å². The van der Waals surface area contributed by atoms with E-state index in [-0.39, 0.29) is 30.1 Å². The summed E-state index contributed by atoms with van der Waals surface area (Å²) in [6, 6.07) is 7.88. The standard InChI is InChI=1S/C22H31N3O3S/c1-15-10-25(11-16(2)28-15)12-18-14-29-21(23-18)24-20(26)13-27-19-8-6-17(7-9-19)22(3,4)5/h6-9,14-16H,10-13H2,1-5H3,(H,23,24,26). The Morgan fingerprint density at radius 2 is 1.90 bits per heavy atom. The molecule has 158 valence electrons. The van der Waals surface area contributed by atoms with E-state index in [1.807, 2.05) is 29.6 Å². The third-order valence-corrected chi connectivity index (χ3v) is 5.58. The van der Waals surface area contributed by atoms with Gasteiger partial charge in [0, 0.05) is 25.0 Å². The number of anilines is 1. The molecule has 7 heteroatoms. The van der Waals surface area contributed by atoms with Crippen LogP contribution in [0.3, 0.4) is 0 Å². The number of nitrogens with one attached hydrogen (secondary N) is 1. The molecule has 1 aromatic heterocycles. The van der Waals surface area contributed by atoms with Crippen molar-refractivity contribution in [3.63, 3.8) is 0 Å². The molecule has 1 N–H and O–H groups in total. The first-order chi connectivity index (χ1) is 13.7. The number of rotatable bonds is 6. The third kappa shape index (κ3) is 6.52. The van der Waals surface area contributed by atoms with Crippen molar-refractivity contribution in [2.24, 2.45) is 0 Å². The number of amides is 1. The van der Waals surface area contributed by atoms with Crippen LogP contribution >= 0.6 is 11.3 Å². The van der Waals surface area contributed by atoms with Gasteiger partial charge in [0.2, 0.25) is 0 Å². The van der Waals surface area contributed by atoms with Crippen molar-refractivity contribution in [1.29, 1.82) is 0 Å². The molecule has 0 spiro atoms. The molecule has 0 aliphatic carbocycles. The van der Waals surface area contributed by atoms with E-state index in [1.54, 1.807) is 0 Å². The molecule has 6 nitrogen and oxygen atoms in total. The Hall–Kier alpha value is -1.96. The molecule has 1 aliphatic rings. The van der Waals surface area contributed by atoms with Crippen LogP contribution in [0.5, 0.6) is 5.75 Å². The summed E-state index contributed by atoms with van der Waals surface area (Å²) in [5, 5.41) is 5.42. The molecule has 29 heavy (non-hydrogen) atoms. The molecule has 2 unspecified atom stereocenters. The Balaban J connectivity index is 1.46. The van der Waals surface area contributed by atoms with Gasteiger partial charge in [-0.15, -0.1) is 11.3 Å². The highest BCUT2D eigenvalue weighted by Crippen LogP contribution is 2.24. The molecular weight excluding hydrogens is 386 g/mol. The minimum atomic E-state index is -0.209. The molecule has 0 radical (unpaired) electrons. The Morgan fingerprint density at radius 3 is 2.52 bits per heavy atom. The Kier molecular flexibility index (Phi) is 6.93. The Labute approximate surface area is 177 Å². The predicted octanol–water partition coefficient (Wildman–Crippen LogP) is 4.07. The topological polar surface area (TPSA) is 63.7 Å². The molecule has 2 atom stereocenters. The summed E-state index contributed by atoms with van der Waals surface area (Å²) in [4.78, 5) is 19.1. The number of thiazole rings is 1. The van der Waals surface area contributed by atoms with Gasteiger partial charge in [-0.2, -0.15) is 0 Å². The number of hydrogen-bond donors (Lipinski definition) is 1. The second-order valence-corrected chi connectivity index (χ2v) is 9.56. The lowest BCUT2D eigenvalue weighted by Crippen LogP contribution is -2.44. The summed E-state index contributed by atoms with van der Waals surface area (Å²) in [7, 11) is 0. The average molecular weight is 418 g/mol. The lowest BCUT2D eigenvalue weighted by atomic mass is 9.87. The molecule has 1 aliphatic heterocycles. The average Bonchev–Trinajstić information content (AvgIpc) is 3.05. The molecule has 2 aromatic rings. The van der Waals surface area contributed by atoms with E-state index >= 15 is 0 Å². The smallest absolute Gasteiger partial charge is 0.264 e. The van der Waals surface area contributed by atoms with Crippen molar-refractivity contribution in [2.75, 3.05) is 25.0 Å². The molecule has 1 aromatic carbocycles. The van der Waals surface area contributed by atoms with Crippen LogP contribution in [-0.4, -0.2) is 47.7 Å². The lowest BCUT2D eigenvalue weighted by molar-refractivity contribution is -0.118. The number of hydrogen-bond acceptors (Lipinski definition) is 6. The van der Waals surface area contributed by atoms with Gasteiger partial charge < -0.3 is 9.47 Å². The minimum absolute atomic E-state index is 0.0394. The molecular formula is C22H31N3O3S. The van der Waals surface area contributed by atoms with Crippen LogP contribution in [0.25, 0.3) is 0 Å². The zero-order chi connectivity index (χ0) is 21.0. The maximum absolute atomic E-state index is 12.2. The van der Waals surface area contributed by atoms with Crippen LogP contribution in [0.15, 0.2) is 29.6 Å². The van der Waals surface area contributed by atoms with Gasteiger partial charge in [-0.05, 0) is 37.0 Å². The Bertz CT molecular complexity index is 803. The minimum Gasteiger partial charge on any atom is -0.484 e. The number of morpholine rings is 1. The summed E-state index contributed by atoms with van der Waals surface area (Å²) in [6.07, 6.45) is 0.456. The van der Waals surface area contributed by atoms with Crippen molar-refractivity contribution in [3.8, 4) is 5.75 Å². The Morgan fingerprint density at radius 1 is 1.24 bits per heavy atom. The fraction of sp³-hybridized carbons (Fsp3) is 0.545. The monoisotopic (exact) mass is 417 g/mol. The number of carbonyl (C=O) groups is 1. The van der Waals surface area contributed by atoms with E-state index in [0.717, 1.165) is 25.3 Å². The second kappa shape index (κ2) is 9.24. The van der Waals surface area contributed by atoms with Gasteiger partial charge in [0.25, 0.3) is 5.91 Å². The highest BCUT2D eigenvalue weighted by atomic mass is 32.1. The van der Waals surface area contributed by atoms with Gasteiger partial charge in [-0.25, -0.2) is 4.98 Å². The molecule has 0 saturated carbocycles. The summed E-state index contributed by atoms with van der Waals surface area (Å²) < 4.78 is 11.4. The lowest BCUT2D eigenvalue weighted by Gasteiger charge is -2.34. The van der Waals surface area contributed by atoms with Crippen molar-refractivity contribution in [3.05, 3.63) is 40.9 Å². The van der Waals surface area contributed by atoms with Gasteiger partial charge in [-0.1, -0.05) is 32.9 Å². The predicted molar refractivity (Wildman–Crippen MR) is 117 cm³/mol. The first-order valence-corrected chi connectivity index (χ1v) is 10.9. The van der Waals surface area contributed by atoms with Crippen LogP contribution < -0.4 is 10.1 Å². The van der Waals surface area contributed by atoms with E-state index < -0.39 is 0 Å². The second-order valence-electron chi connectivity index (χ2n) is 8.71. The van der Waals surface area contributed by atoms with Gasteiger partial charge in [0.05, 0.1) is 17.9 Å². The van der Waals surface area contributed by atoms with E-state index in [1.165, 1.54) is 16.9 Å². The van der Waals surface area contributed by atoms with Crippen molar-refractivity contribution < 1.29 is 14.3 Å². The van der Waals surface area contributed by atoms with Crippen LogP contribution in [0.1, 0.15) is 45.9 Å². The summed E-state index contributed by atoms with van der Waals surface area (Å²) in [5.41, 5.74) is 2.29. The molecule has 2 heterocycles. The first-order valence-electron chi connectivity index (χ1n) is 10.0. The van der Waals surface area contributed by atoms with Gasteiger partial charge >= 0.3 is 0 Å². The van der Waals surface area contributed by atoms with Crippen LogP contribution in [0, 0.1) is 0 Å². The van der Waals surface area contributed by atoms with Crippen LogP contribution in [0.2, 0.25) is 0 Å². The van der Waals surface area contributed by atoms with Gasteiger partial charge in [-0.3, -0.25) is 15.0 Å². The maximum atomic E-state index is 12.2. The van der Waals surface area contributed by atoms with Crippen molar-refractivity contribution >= 4 is 22.4 Å². The zero-order valence-electron chi connectivity index (χ0n) is 17.9. The number of carbonyl (C=O) groups excluding carboxylic acids is 1. The van der Waals surface area contributed by atoms with Crippen molar-refractivity contribution in [1.82, 2.24) is 9.88 Å². The number of aromatic nitrogens is 1. The molecule has 1 saturated heterocycles. The van der Waals surface area contributed by atoms with E-state index in [4.69, 9.17) is 9.47 Å². The number of benzene rings is 1. The highest BCUT2D eigenvalue weighted by molar-refractivity contribution is 7.13. The van der Waals surface area contributed by atoms with Crippen LogP contribution in [-0.2, 0) is 21.5 Å². The van der Waals surface area contributed by atoms with E-state index in [2.05, 4.69) is 49.8 Å². The van der Waals surface area contributed by atoms with Gasteiger partial charge in [0.1, 0.15) is 5.75 Å². The van der Waals surface area contributed by atoms with Crippen LogP contribution in [0.4, 0.5) is 5.13 Å². The number of ether oxygens (including phenoxy) is 2. The van der Waals surface area contributed by atoms with Gasteiger partial charge in [0.15, 0.2) is 11.7 Å². The highest BCUT2D eigenvalue weighted by Gasteiger charge is 2.22. The fourth-order valence-corrected chi connectivity index (χ4v) is 4.15.